The van der Waals surface area contributed by atoms with Gasteiger partial charge in [0.25, 0.3) is 0 Å². The second kappa shape index (κ2) is 4.73. The lowest BCUT2D eigenvalue weighted by molar-refractivity contribution is 0.00764. The maximum atomic E-state index is 5.88. The van der Waals surface area contributed by atoms with Crippen molar-refractivity contribution in [1.29, 1.82) is 0 Å². The molecule has 0 amide bonds. The van der Waals surface area contributed by atoms with Crippen LogP contribution in [0, 0.1) is 0 Å². The Morgan fingerprint density at radius 1 is 1.14 bits per heavy atom. The normalized spacial score (nSPS) is 24.2. The van der Waals surface area contributed by atoms with Gasteiger partial charge >= 0.3 is 0 Å². The van der Waals surface area contributed by atoms with E-state index < -0.39 is 0 Å². The molecule has 21 heavy (non-hydrogen) atoms. The molecule has 2 aliphatic heterocycles. The topological polar surface area (TPSA) is 58.4 Å². The number of benzene rings is 1. The molecule has 4 rings (SSSR count). The molecule has 0 spiro atoms. The summed E-state index contributed by atoms with van der Waals surface area (Å²) in [6.45, 7) is 4.00. The van der Waals surface area contributed by atoms with Crippen LogP contribution in [-0.4, -0.2) is 34.6 Å². The first kappa shape index (κ1) is 12.6. The number of hydrogen-bond acceptors (Lipinski definition) is 5. The largest absolute Gasteiger partial charge is 0.486 e. The average Bonchev–Trinajstić information content (AvgIpc) is 3.16. The summed E-state index contributed by atoms with van der Waals surface area (Å²) in [7, 11) is 0. The molecule has 0 radical (unpaired) electrons. The predicted molar refractivity (Wildman–Crippen MR) is 74.9 cm³/mol. The van der Waals surface area contributed by atoms with Crippen molar-refractivity contribution in [3.05, 3.63) is 30.4 Å². The zero-order chi connectivity index (χ0) is 14.3. The third-order valence-electron chi connectivity index (χ3n) is 4.01. The minimum absolute atomic E-state index is 0.371. The highest BCUT2D eigenvalue weighted by molar-refractivity contribution is 5.49. The maximum Gasteiger partial charge on any atom is 0.163 e. The van der Waals surface area contributed by atoms with Crippen molar-refractivity contribution in [3.63, 3.8) is 0 Å². The van der Waals surface area contributed by atoms with Gasteiger partial charge in [0, 0.05) is 12.7 Å². The van der Waals surface area contributed by atoms with Crippen molar-refractivity contribution in [2.75, 3.05) is 19.8 Å². The van der Waals surface area contributed by atoms with Crippen LogP contribution < -0.4 is 9.47 Å². The predicted octanol–water partition coefficient (Wildman–Crippen LogP) is 2.06. The van der Waals surface area contributed by atoms with E-state index in [9.17, 15) is 0 Å². The molecule has 3 heterocycles. The third-order valence-corrected chi connectivity index (χ3v) is 4.01. The molecule has 0 bridgehead atoms. The number of hydrogen-bond donors (Lipinski definition) is 0. The summed E-state index contributed by atoms with van der Waals surface area (Å²) < 4.78 is 18.9. The summed E-state index contributed by atoms with van der Waals surface area (Å²) in [5, 5.41) is 4.35. The summed E-state index contributed by atoms with van der Waals surface area (Å²) in [6, 6.07) is 5.81. The Balaban J connectivity index is 1.76. The van der Waals surface area contributed by atoms with Crippen molar-refractivity contribution < 1.29 is 14.2 Å². The Bertz CT molecular complexity index is 662. The second-order valence-corrected chi connectivity index (χ2v) is 5.51. The van der Waals surface area contributed by atoms with Crippen LogP contribution in [0.3, 0.4) is 0 Å². The monoisotopic (exact) mass is 287 g/mol. The summed E-state index contributed by atoms with van der Waals surface area (Å²) in [5.74, 6) is 2.35. The number of ether oxygens (including phenoxy) is 3. The highest BCUT2D eigenvalue weighted by Gasteiger charge is 2.36. The molecular formula is C15H17N3O3. The lowest BCUT2D eigenvalue weighted by atomic mass is 10.0. The van der Waals surface area contributed by atoms with E-state index in [1.807, 2.05) is 22.9 Å². The van der Waals surface area contributed by atoms with Gasteiger partial charge in [-0.3, -0.25) is 0 Å². The van der Waals surface area contributed by atoms with E-state index in [0.717, 1.165) is 42.5 Å². The molecule has 0 saturated carbocycles. The summed E-state index contributed by atoms with van der Waals surface area (Å²) >= 11 is 0. The van der Waals surface area contributed by atoms with E-state index >= 15 is 0 Å². The molecule has 2 aromatic rings. The second-order valence-electron chi connectivity index (χ2n) is 5.51. The van der Waals surface area contributed by atoms with Crippen molar-refractivity contribution in [1.82, 2.24) is 14.8 Å². The molecule has 1 aromatic carbocycles. The van der Waals surface area contributed by atoms with Gasteiger partial charge in [-0.05, 0) is 31.9 Å². The lowest BCUT2D eigenvalue weighted by Gasteiger charge is -2.23. The molecule has 1 fully saturated rings. The Labute approximate surface area is 122 Å². The molecule has 6 heteroatoms. The van der Waals surface area contributed by atoms with Crippen LogP contribution in [0.2, 0.25) is 0 Å². The third kappa shape index (κ3) is 2.06. The van der Waals surface area contributed by atoms with Crippen LogP contribution in [-0.2, 0) is 10.3 Å². The molecular weight excluding hydrogens is 270 g/mol. The van der Waals surface area contributed by atoms with E-state index in [0.29, 0.717) is 13.2 Å². The van der Waals surface area contributed by atoms with Gasteiger partial charge in [0.05, 0.1) is 5.69 Å². The van der Waals surface area contributed by atoms with Crippen molar-refractivity contribution in [3.8, 4) is 17.2 Å². The van der Waals surface area contributed by atoms with Crippen LogP contribution in [0.5, 0.6) is 11.5 Å². The zero-order valence-corrected chi connectivity index (χ0v) is 11.9. The fourth-order valence-corrected chi connectivity index (χ4v) is 2.91. The minimum Gasteiger partial charge on any atom is -0.486 e. The van der Waals surface area contributed by atoms with E-state index in [2.05, 4.69) is 17.0 Å². The maximum absolute atomic E-state index is 5.88. The Morgan fingerprint density at radius 2 is 2.00 bits per heavy atom. The molecule has 1 unspecified atom stereocenters. The highest BCUT2D eigenvalue weighted by Crippen LogP contribution is 2.37. The summed E-state index contributed by atoms with van der Waals surface area (Å²) in [6.07, 6.45) is 3.57. The first-order valence-electron chi connectivity index (χ1n) is 7.21. The molecule has 1 saturated heterocycles. The van der Waals surface area contributed by atoms with Crippen LogP contribution >= 0.6 is 0 Å². The molecule has 110 valence electrons. The van der Waals surface area contributed by atoms with Crippen LogP contribution in [0.15, 0.2) is 24.5 Å². The van der Waals surface area contributed by atoms with E-state index in [1.165, 1.54) is 0 Å². The smallest absolute Gasteiger partial charge is 0.163 e. The number of aromatic nitrogens is 3. The van der Waals surface area contributed by atoms with Crippen molar-refractivity contribution in [2.24, 2.45) is 0 Å². The molecule has 1 atom stereocenters. The standard InChI is InChI=1S/C15H17N3O3/c1-15(5-2-6-21-15)14-16-10-17-18(14)11-3-4-12-13(9-11)20-8-7-19-12/h3-4,9-10H,2,5-8H2,1H3. The van der Waals surface area contributed by atoms with E-state index in [-0.39, 0.29) is 5.60 Å². The van der Waals surface area contributed by atoms with Crippen molar-refractivity contribution in [2.45, 2.75) is 25.4 Å². The van der Waals surface area contributed by atoms with Crippen molar-refractivity contribution >= 4 is 0 Å². The molecule has 0 aliphatic carbocycles. The molecule has 0 N–H and O–H groups in total. The van der Waals surface area contributed by atoms with Crippen LogP contribution in [0.1, 0.15) is 25.6 Å². The molecule has 1 aromatic heterocycles. The van der Waals surface area contributed by atoms with Gasteiger partial charge in [-0.2, -0.15) is 5.10 Å². The fraction of sp³-hybridized carbons (Fsp3) is 0.467. The molecule has 2 aliphatic rings. The summed E-state index contributed by atoms with van der Waals surface area (Å²) in [4.78, 5) is 4.41. The van der Waals surface area contributed by atoms with Gasteiger partial charge in [-0.15, -0.1) is 0 Å². The average molecular weight is 287 g/mol. The Kier molecular flexibility index (Phi) is 2.85. The first-order valence-corrected chi connectivity index (χ1v) is 7.21. The quantitative estimate of drug-likeness (QED) is 0.846. The van der Waals surface area contributed by atoms with Gasteiger partial charge in [0.2, 0.25) is 0 Å². The molecule has 6 nitrogen and oxygen atoms in total. The number of nitrogens with zero attached hydrogens (tertiary/aromatic N) is 3. The zero-order valence-electron chi connectivity index (χ0n) is 11.9. The van der Waals surface area contributed by atoms with E-state index in [1.54, 1.807) is 6.33 Å². The SMILES string of the molecule is CC1(c2ncnn2-c2ccc3c(c2)OCCO3)CCCO1. The van der Waals surface area contributed by atoms with Gasteiger partial charge in [0.15, 0.2) is 17.3 Å². The first-order chi connectivity index (χ1) is 10.3. The van der Waals surface area contributed by atoms with Gasteiger partial charge in [0.1, 0.15) is 25.1 Å². The number of rotatable bonds is 2. The minimum atomic E-state index is -0.371. The Morgan fingerprint density at radius 3 is 2.81 bits per heavy atom. The Hall–Kier alpha value is -2.08. The van der Waals surface area contributed by atoms with Gasteiger partial charge in [-0.25, -0.2) is 9.67 Å². The highest BCUT2D eigenvalue weighted by atomic mass is 16.6. The number of fused-ring (bicyclic) bond motifs is 1. The lowest BCUT2D eigenvalue weighted by Crippen LogP contribution is -2.25. The van der Waals surface area contributed by atoms with Crippen LogP contribution in [0.25, 0.3) is 5.69 Å². The van der Waals surface area contributed by atoms with Gasteiger partial charge < -0.3 is 14.2 Å². The fourth-order valence-electron chi connectivity index (χ4n) is 2.91. The van der Waals surface area contributed by atoms with Crippen LogP contribution in [0.4, 0.5) is 0 Å². The van der Waals surface area contributed by atoms with E-state index in [4.69, 9.17) is 14.2 Å². The van der Waals surface area contributed by atoms with Gasteiger partial charge in [-0.1, -0.05) is 0 Å². The summed E-state index contributed by atoms with van der Waals surface area (Å²) in [5.41, 5.74) is 0.535.